The van der Waals surface area contributed by atoms with Crippen molar-refractivity contribution in [1.82, 2.24) is 14.8 Å². The number of aliphatic hydroxyl groups is 1. The Morgan fingerprint density at radius 3 is 2.59 bits per heavy atom. The summed E-state index contributed by atoms with van der Waals surface area (Å²) >= 11 is 0. The summed E-state index contributed by atoms with van der Waals surface area (Å²) in [4.78, 5) is 28.5. The van der Waals surface area contributed by atoms with Crippen molar-refractivity contribution >= 4 is 18.1 Å². The van der Waals surface area contributed by atoms with Crippen molar-refractivity contribution < 1.29 is 9.90 Å². The summed E-state index contributed by atoms with van der Waals surface area (Å²) in [5, 5.41) is 13.3. The molecule has 2 aromatic rings. The maximum absolute atomic E-state index is 13.3. The molecule has 4 atom stereocenters. The molecule has 1 saturated heterocycles. The minimum absolute atomic E-state index is 0.00920. The van der Waals surface area contributed by atoms with E-state index in [9.17, 15) is 14.7 Å². The summed E-state index contributed by atoms with van der Waals surface area (Å²) in [5.41, 5.74) is 2.64. The van der Waals surface area contributed by atoms with Gasteiger partial charge in [0.1, 0.15) is 0 Å². The lowest BCUT2D eigenvalue weighted by Gasteiger charge is -2.30. The van der Waals surface area contributed by atoms with Crippen LogP contribution in [-0.4, -0.2) is 46.2 Å². The standard InChI is InChI=1S/C26H33N3O3/c1-3-14-27-25(31)24-21(17-30)20-16-29-22(23(20)28(24)15-4-2)13-12-19(26(29)32)11-10-18-8-6-5-7-9-18/h5-13,20-21,23-24,30H,3-4,14-17H2,1-2H3,(H,27,31)/b11-10+/t20-,21-,23+,24-/m1/s1. The third-order valence-electron chi connectivity index (χ3n) is 6.77. The van der Waals surface area contributed by atoms with E-state index in [1.807, 2.05) is 66.1 Å². The van der Waals surface area contributed by atoms with Gasteiger partial charge in [-0.25, -0.2) is 0 Å². The predicted molar refractivity (Wildman–Crippen MR) is 127 cm³/mol. The number of rotatable bonds is 8. The average molecular weight is 436 g/mol. The van der Waals surface area contributed by atoms with Crippen LogP contribution in [-0.2, 0) is 11.3 Å². The third kappa shape index (κ3) is 4.05. The number of aliphatic hydroxyl groups excluding tert-OH is 1. The van der Waals surface area contributed by atoms with Gasteiger partial charge in [-0.15, -0.1) is 0 Å². The second-order valence-electron chi connectivity index (χ2n) is 8.80. The topological polar surface area (TPSA) is 74.6 Å². The van der Waals surface area contributed by atoms with Crippen molar-refractivity contribution in [1.29, 1.82) is 0 Å². The van der Waals surface area contributed by atoms with E-state index in [2.05, 4.69) is 17.1 Å². The monoisotopic (exact) mass is 435 g/mol. The highest BCUT2D eigenvalue weighted by molar-refractivity contribution is 5.82. The molecule has 4 rings (SSSR count). The molecular weight excluding hydrogens is 402 g/mol. The van der Waals surface area contributed by atoms with Gasteiger partial charge in [-0.05, 0) is 43.2 Å². The smallest absolute Gasteiger partial charge is 0.258 e. The first-order valence-electron chi connectivity index (χ1n) is 11.7. The van der Waals surface area contributed by atoms with E-state index < -0.39 is 0 Å². The van der Waals surface area contributed by atoms with Crippen LogP contribution in [0.25, 0.3) is 12.2 Å². The van der Waals surface area contributed by atoms with E-state index >= 15 is 0 Å². The highest BCUT2D eigenvalue weighted by Crippen LogP contribution is 2.49. The Morgan fingerprint density at radius 1 is 1.12 bits per heavy atom. The summed E-state index contributed by atoms with van der Waals surface area (Å²) in [7, 11) is 0. The largest absolute Gasteiger partial charge is 0.396 e. The fourth-order valence-electron chi connectivity index (χ4n) is 5.37. The van der Waals surface area contributed by atoms with Crippen LogP contribution in [0.1, 0.15) is 49.6 Å². The minimum Gasteiger partial charge on any atom is -0.396 e. The zero-order valence-corrected chi connectivity index (χ0v) is 18.9. The van der Waals surface area contributed by atoms with Crippen molar-refractivity contribution in [3.05, 3.63) is 69.6 Å². The number of carbonyl (C=O) groups is 1. The number of carbonyl (C=O) groups excluding carboxylic acids is 1. The molecule has 32 heavy (non-hydrogen) atoms. The fraction of sp³-hybridized carbons (Fsp3) is 0.462. The molecule has 170 valence electrons. The predicted octanol–water partition coefficient (Wildman–Crippen LogP) is 2.92. The Bertz CT molecular complexity index is 1030. The van der Waals surface area contributed by atoms with Crippen LogP contribution in [0.5, 0.6) is 0 Å². The van der Waals surface area contributed by atoms with Crippen molar-refractivity contribution in [3.8, 4) is 0 Å². The van der Waals surface area contributed by atoms with Crippen molar-refractivity contribution in [2.45, 2.75) is 45.3 Å². The van der Waals surface area contributed by atoms with Gasteiger partial charge in [-0.3, -0.25) is 14.5 Å². The molecule has 2 N–H and O–H groups in total. The SMILES string of the molecule is CCCNC(=O)[C@H]1[C@H](CO)[C@H]2Cn3c(ccc(/C=C/c4ccccc4)c3=O)[C@H]2N1CCC. The lowest BCUT2D eigenvalue weighted by molar-refractivity contribution is -0.127. The molecule has 1 aromatic heterocycles. The molecule has 1 aromatic carbocycles. The quantitative estimate of drug-likeness (QED) is 0.669. The van der Waals surface area contributed by atoms with Crippen molar-refractivity contribution in [2.24, 2.45) is 11.8 Å². The number of likely N-dealkylation sites (tertiary alicyclic amines) is 1. The minimum atomic E-state index is -0.358. The highest BCUT2D eigenvalue weighted by atomic mass is 16.3. The van der Waals surface area contributed by atoms with Crippen LogP contribution in [0.3, 0.4) is 0 Å². The number of hydrogen-bond donors (Lipinski definition) is 2. The maximum Gasteiger partial charge on any atom is 0.258 e. The van der Waals surface area contributed by atoms with Gasteiger partial charge in [0.25, 0.3) is 5.56 Å². The normalized spacial score (nSPS) is 24.6. The molecular formula is C26H33N3O3. The summed E-state index contributed by atoms with van der Waals surface area (Å²) in [6, 6.07) is 13.5. The molecule has 0 aliphatic carbocycles. The maximum atomic E-state index is 13.3. The van der Waals surface area contributed by atoms with Crippen LogP contribution in [0.4, 0.5) is 0 Å². The van der Waals surface area contributed by atoms with Gasteiger partial charge in [0.05, 0.1) is 12.1 Å². The van der Waals surface area contributed by atoms with Gasteiger partial charge in [0, 0.05) is 42.8 Å². The molecule has 1 amide bonds. The summed E-state index contributed by atoms with van der Waals surface area (Å²) < 4.78 is 1.85. The van der Waals surface area contributed by atoms with Gasteiger partial charge in [-0.1, -0.05) is 50.3 Å². The first-order chi connectivity index (χ1) is 15.6. The lowest BCUT2D eigenvalue weighted by Crippen LogP contribution is -2.48. The first kappa shape index (κ1) is 22.5. The van der Waals surface area contributed by atoms with E-state index in [0.29, 0.717) is 18.7 Å². The average Bonchev–Trinajstić information content (AvgIpc) is 3.33. The molecule has 0 saturated carbocycles. The Balaban J connectivity index is 1.67. The number of amides is 1. The zero-order chi connectivity index (χ0) is 22.7. The number of nitrogens with zero attached hydrogens (tertiary/aromatic N) is 2. The summed E-state index contributed by atoms with van der Waals surface area (Å²) in [6.07, 6.45) is 5.60. The van der Waals surface area contributed by atoms with Gasteiger partial charge in [0.15, 0.2) is 0 Å². The molecule has 6 nitrogen and oxygen atoms in total. The Hall–Kier alpha value is -2.70. The second-order valence-corrected chi connectivity index (χ2v) is 8.80. The number of hydrogen-bond acceptors (Lipinski definition) is 4. The van der Waals surface area contributed by atoms with Gasteiger partial charge >= 0.3 is 0 Å². The van der Waals surface area contributed by atoms with E-state index in [0.717, 1.165) is 30.6 Å². The van der Waals surface area contributed by atoms with Gasteiger partial charge in [-0.2, -0.15) is 0 Å². The molecule has 2 aliphatic rings. The number of nitrogens with one attached hydrogen (secondary N) is 1. The molecule has 2 aliphatic heterocycles. The van der Waals surface area contributed by atoms with Crippen LogP contribution in [0.15, 0.2) is 47.3 Å². The van der Waals surface area contributed by atoms with E-state index in [4.69, 9.17) is 0 Å². The fourth-order valence-corrected chi connectivity index (χ4v) is 5.37. The summed E-state index contributed by atoms with van der Waals surface area (Å²) in [6.45, 7) is 6.00. The van der Waals surface area contributed by atoms with Crippen molar-refractivity contribution in [2.75, 3.05) is 19.7 Å². The summed E-state index contributed by atoms with van der Waals surface area (Å²) in [5.74, 6) is -0.152. The number of aromatic nitrogens is 1. The number of pyridine rings is 1. The Kier molecular flexibility index (Phi) is 6.92. The van der Waals surface area contributed by atoms with Crippen LogP contribution in [0.2, 0.25) is 0 Å². The molecule has 0 radical (unpaired) electrons. The molecule has 3 heterocycles. The van der Waals surface area contributed by atoms with E-state index in [1.54, 1.807) is 0 Å². The number of benzene rings is 1. The third-order valence-corrected chi connectivity index (χ3v) is 6.77. The first-order valence-corrected chi connectivity index (χ1v) is 11.7. The molecule has 0 spiro atoms. The second kappa shape index (κ2) is 9.84. The molecule has 0 bridgehead atoms. The molecule has 6 heteroatoms. The van der Waals surface area contributed by atoms with Crippen molar-refractivity contribution in [3.63, 3.8) is 0 Å². The van der Waals surface area contributed by atoms with Crippen LogP contribution in [0, 0.1) is 11.8 Å². The van der Waals surface area contributed by atoms with Gasteiger partial charge in [0.2, 0.25) is 5.91 Å². The van der Waals surface area contributed by atoms with Crippen LogP contribution < -0.4 is 10.9 Å². The Morgan fingerprint density at radius 2 is 1.91 bits per heavy atom. The Labute approximate surface area is 189 Å². The van der Waals surface area contributed by atoms with Gasteiger partial charge < -0.3 is 15.0 Å². The zero-order valence-electron chi connectivity index (χ0n) is 18.9. The molecule has 0 unspecified atom stereocenters. The van der Waals surface area contributed by atoms with E-state index in [-0.39, 0.29) is 42.0 Å². The number of fused-ring (bicyclic) bond motifs is 3. The highest BCUT2D eigenvalue weighted by Gasteiger charge is 2.55. The van der Waals surface area contributed by atoms with Crippen LogP contribution >= 0.6 is 0 Å². The molecule has 1 fully saturated rings. The van der Waals surface area contributed by atoms with E-state index in [1.165, 1.54) is 0 Å². The lowest BCUT2D eigenvalue weighted by atomic mass is 9.88.